The largest absolute Gasteiger partial charge is 0.378 e. The molecule has 0 fully saturated rings. The Morgan fingerprint density at radius 1 is 1.18 bits per heavy atom. The van der Waals surface area contributed by atoms with Gasteiger partial charge in [-0.3, -0.25) is 4.90 Å². The van der Waals surface area contributed by atoms with Crippen molar-refractivity contribution in [2.45, 2.75) is 39.1 Å². The quantitative estimate of drug-likeness (QED) is 0.578. The SMILES string of the molecule is [CH2]CN(C(O)CC)C(O)CC. The first-order chi connectivity index (χ1) is 5.17. The van der Waals surface area contributed by atoms with E-state index < -0.39 is 12.5 Å². The third-order valence-electron chi connectivity index (χ3n) is 1.75. The molecule has 0 bridgehead atoms. The van der Waals surface area contributed by atoms with Crippen molar-refractivity contribution in [1.82, 2.24) is 4.90 Å². The van der Waals surface area contributed by atoms with E-state index in [0.717, 1.165) is 0 Å². The monoisotopic (exact) mass is 160 g/mol. The third-order valence-corrected chi connectivity index (χ3v) is 1.75. The van der Waals surface area contributed by atoms with Gasteiger partial charge in [0.2, 0.25) is 0 Å². The molecule has 0 amide bonds. The van der Waals surface area contributed by atoms with Crippen molar-refractivity contribution >= 4 is 0 Å². The van der Waals surface area contributed by atoms with Gasteiger partial charge >= 0.3 is 0 Å². The van der Waals surface area contributed by atoms with Crippen molar-refractivity contribution in [1.29, 1.82) is 0 Å². The Kier molecular flexibility index (Phi) is 5.46. The molecule has 0 saturated heterocycles. The topological polar surface area (TPSA) is 43.7 Å². The predicted octanol–water partition coefficient (Wildman–Crippen LogP) is 0.579. The van der Waals surface area contributed by atoms with Gasteiger partial charge in [-0.1, -0.05) is 13.8 Å². The molecule has 2 N–H and O–H groups in total. The average molecular weight is 160 g/mol. The van der Waals surface area contributed by atoms with E-state index in [1.54, 1.807) is 4.90 Å². The fraction of sp³-hybridized carbons (Fsp3) is 0.875. The maximum atomic E-state index is 9.35. The Morgan fingerprint density at radius 2 is 1.55 bits per heavy atom. The van der Waals surface area contributed by atoms with Crippen LogP contribution < -0.4 is 0 Å². The lowest BCUT2D eigenvalue weighted by atomic mass is 10.3. The summed E-state index contributed by atoms with van der Waals surface area (Å²) in [6.45, 7) is 7.81. The normalized spacial score (nSPS) is 16.9. The highest BCUT2D eigenvalue weighted by Crippen LogP contribution is 2.06. The van der Waals surface area contributed by atoms with Gasteiger partial charge in [-0.05, 0) is 19.8 Å². The Balaban J connectivity index is 3.92. The lowest BCUT2D eigenvalue weighted by Crippen LogP contribution is -2.42. The van der Waals surface area contributed by atoms with Crippen LogP contribution in [0.1, 0.15) is 26.7 Å². The van der Waals surface area contributed by atoms with Crippen LogP contribution in [0.25, 0.3) is 0 Å². The number of hydrogen-bond donors (Lipinski definition) is 2. The molecule has 0 aliphatic rings. The molecule has 67 valence electrons. The molecule has 2 atom stereocenters. The number of aliphatic hydroxyl groups is 2. The second kappa shape index (κ2) is 5.52. The molecule has 0 aliphatic heterocycles. The second-order valence-electron chi connectivity index (χ2n) is 2.52. The molecule has 0 aromatic rings. The molecule has 0 rings (SSSR count). The number of hydrogen-bond acceptors (Lipinski definition) is 3. The first-order valence-electron chi connectivity index (χ1n) is 4.08. The van der Waals surface area contributed by atoms with Crippen LogP contribution in [0.2, 0.25) is 0 Å². The van der Waals surface area contributed by atoms with Crippen molar-refractivity contribution in [3.63, 3.8) is 0 Å². The van der Waals surface area contributed by atoms with Crippen LogP contribution in [-0.4, -0.2) is 34.1 Å². The van der Waals surface area contributed by atoms with Gasteiger partial charge in [-0.25, -0.2) is 0 Å². The van der Waals surface area contributed by atoms with Crippen LogP contribution in [0.4, 0.5) is 0 Å². The van der Waals surface area contributed by atoms with Crippen LogP contribution >= 0.6 is 0 Å². The first-order valence-corrected chi connectivity index (χ1v) is 4.08. The lowest BCUT2D eigenvalue weighted by molar-refractivity contribution is -0.0971. The van der Waals surface area contributed by atoms with E-state index in [1.807, 2.05) is 13.8 Å². The molecule has 0 saturated carbocycles. The first kappa shape index (κ1) is 10.9. The van der Waals surface area contributed by atoms with Crippen molar-refractivity contribution in [2.24, 2.45) is 0 Å². The molecule has 3 heteroatoms. The van der Waals surface area contributed by atoms with E-state index in [1.165, 1.54) is 0 Å². The van der Waals surface area contributed by atoms with E-state index in [9.17, 15) is 10.2 Å². The van der Waals surface area contributed by atoms with Crippen molar-refractivity contribution in [2.75, 3.05) is 6.54 Å². The Hall–Kier alpha value is -0.120. The maximum absolute atomic E-state index is 9.35. The summed E-state index contributed by atoms with van der Waals surface area (Å²) in [4.78, 5) is 1.57. The minimum atomic E-state index is -0.567. The van der Waals surface area contributed by atoms with Crippen molar-refractivity contribution in [3.8, 4) is 0 Å². The highest BCUT2D eigenvalue weighted by atomic mass is 16.3. The molecule has 2 unspecified atom stereocenters. The molecular weight excluding hydrogens is 142 g/mol. The third kappa shape index (κ3) is 3.18. The summed E-state index contributed by atoms with van der Waals surface area (Å²) in [6.07, 6.45) is 0.101. The summed E-state index contributed by atoms with van der Waals surface area (Å²) in [6, 6.07) is 0. The van der Waals surface area contributed by atoms with E-state index in [2.05, 4.69) is 6.92 Å². The zero-order valence-corrected chi connectivity index (χ0v) is 7.32. The molecule has 3 nitrogen and oxygen atoms in total. The summed E-state index contributed by atoms with van der Waals surface area (Å²) in [5.41, 5.74) is 0. The molecule has 0 heterocycles. The van der Waals surface area contributed by atoms with Gasteiger partial charge in [0.15, 0.2) is 0 Å². The molecule has 1 radical (unpaired) electrons. The van der Waals surface area contributed by atoms with Crippen molar-refractivity contribution < 1.29 is 10.2 Å². The van der Waals surface area contributed by atoms with Gasteiger partial charge in [0.25, 0.3) is 0 Å². The van der Waals surface area contributed by atoms with E-state index in [4.69, 9.17) is 0 Å². The summed E-state index contributed by atoms with van der Waals surface area (Å²) < 4.78 is 0. The molecular formula is C8H18NO2. The second-order valence-corrected chi connectivity index (χ2v) is 2.52. The Morgan fingerprint density at radius 3 is 1.73 bits per heavy atom. The van der Waals surface area contributed by atoms with Crippen LogP contribution in [0.5, 0.6) is 0 Å². The Bertz CT molecular complexity index is 88.1. The van der Waals surface area contributed by atoms with Crippen molar-refractivity contribution in [3.05, 3.63) is 6.92 Å². The van der Waals surface area contributed by atoms with Gasteiger partial charge in [0.05, 0.1) is 0 Å². The minimum absolute atomic E-state index is 0.435. The molecule has 11 heavy (non-hydrogen) atoms. The summed E-state index contributed by atoms with van der Waals surface area (Å²) in [7, 11) is 0. The van der Waals surface area contributed by atoms with Crippen LogP contribution in [0, 0.1) is 6.92 Å². The van der Waals surface area contributed by atoms with Gasteiger partial charge in [-0.15, -0.1) is 0 Å². The number of aliphatic hydroxyl groups excluding tert-OH is 2. The smallest absolute Gasteiger partial charge is 0.109 e. The highest BCUT2D eigenvalue weighted by Gasteiger charge is 2.17. The Labute approximate surface area is 68.6 Å². The van der Waals surface area contributed by atoms with E-state index in [-0.39, 0.29) is 0 Å². The zero-order valence-electron chi connectivity index (χ0n) is 7.32. The molecule has 0 aliphatic carbocycles. The van der Waals surface area contributed by atoms with Crippen LogP contribution in [0.3, 0.4) is 0 Å². The fourth-order valence-corrected chi connectivity index (χ4v) is 0.966. The summed E-state index contributed by atoms with van der Waals surface area (Å²) >= 11 is 0. The van der Waals surface area contributed by atoms with Gasteiger partial charge in [0, 0.05) is 6.54 Å². The van der Waals surface area contributed by atoms with E-state index in [0.29, 0.717) is 19.4 Å². The lowest BCUT2D eigenvalue weighted by Gasteiger charge is -2.29. The van der Waals surface area contributed by atoms with Crippen LogP contribution in [-0.2, 0) is 0 Å². The standard InChI is InChI=1S/C8H18NO2/c1-4-7(10)9(6-3)8(11)5-2/h7-8,10-11H,3-6H2,1-2H3. The fourth-order valence-electron chi connectivity index (χ4n) is 0.966. The van der Waals surface area contributed by atoms with E-state index >= 15 is 0 Å². The van der Waals surface area contributed by atoms with Gasteiger partial charge in [0.1, 0.15) is 12.5 Å². The highest BCUT2D eigenvalue weighted by molar-refractivity contribution is 4.64. The average Bonchev–Trinajstić information content (AvgIpc) is 2.05. The van der Waals surface area contributed by atoms with Crippen LogP contribution in [0.15, 0.2) is 0 Å². The summed E-state index contributed by atoms with van der Waals surface area (Å²) in [5, 5.41) is 18.7. The number of nitrogens with zero attached hydrogens (tertiary/aromatic N) is 1. The van der Waals surface area contributed by atoms with Gasteiger partial charge in [-0.2, -0.15) is 0 Å². The molecule has 0 aromatic heterocycles. The minimum Gasteiger partial charge on any atom is -0.378 e. The predicted molar refractivity (Wildman–Crippen MR) is 44.7 cm³/mol. The molecule has 0 aromatic carbocycles. The molecule has 0 spiro atoms. The summed E-state index contributed by atoms with van der Waals surface area (Å²) in [5.74, 6) is 0. The number of rotatable bonds is 5. The van der Waals surface area contributed by atoms with Gasteiger partial charge < -0.3 is 10.2 Å². The maximum Gasteiger partial charge on any atom is 0.109 e. The zero-order chi connectivity index (χ0) is 8.85.